The second-order valence-corrected chi connectivity index (χ2v) is 4.86. The zero-order valence-electron chi connectivity index (χ0n) is 9.85. The first kappa shape index (κ1) is 14.8. The fourth-order valence-electron chi connectivity index (χ4n) is 0.980. The number of nitrogens with zero attached hydrogens (tertiary/aromatic N) is 4. The number of nitrogen functional groups attached to an aromatic ring is 2. The van der Waals surface area contributed by atoms with E-state index in [4.69, 9.17) is 11.5 Å². The van der Waals surface area contributed by atoms with Gasteiger partial charge in [-0.1, -0.05) is 0 Å². The van der Waals surface area contributed by atoms with Crippen LogP contribution in [-0.4, -0.2) is 19.9 Å². The lowest BCUT2D eigenvalue weighted by Gasteiger charge is -1.99. The summed E-state index contributed by atoms with van der Waals surface area (Å²) in [6, 6.07) is 0. The lowest BCUT2D eigenvalue weighted by atomic mass is 10.5. The normalized spacial score (nSPS) is 9.56. The van der Waals surface area contributed by atoms with Crippen LogP contribution >= 0.6 is 31.9 Å². The summed E-state index contributed by atoms with van der Waals surface area (Å²) < 4.78 is 1.29. The molecule has 0 unspecified atom stereocenters. The van der Waals surface area contributed by atoms with Crippen LogP contribution in [0.4, 0.5) is 11.6 Å². The van der Waals surface area contributed by atoms with E-state index in [1.165, 1.54) is 6.20 Å². The van der Waals surface area contributed by atoms with Gasteiger partial charge >= 0.3 is 0 Å². The van der Waals surface area contributed by atoms with E-state index >= 15 is 0 Å². The highest BCUT2D eigenvalue weighted by Gasteiger charge is 2.02. The highest BCUT2D eigenvalue weighted by Crippen LogP contribution is 2.19. The fourth-order valence-corrected chi connectivity index (χ4v) is 1.75. The third-order valence-electron chi connectivity index (χ3n) is 1.77. The average molecular weight is 376 g/mol. The topological polar surface area (TPSA) is 104 Å². The summed E-state index contributed by atoms with van der Waals surface area (Å²) in [5.74, 6) is 0.894. The van der Waals surface area contributed by atoms with Crippen molar-refractivity contribution in [2.45, 2.75) is 13.8 Å². The van der Waals surface area contributed by atoms with Crippen LogP contribution in [0.5, 0.6) is 0 Å². The van der Waals surface area contributed by atoms with Crippen molar-refractivity contribution >= 4 is 43.5 Å². The number of anilines is 2. The van der Waals surface area contributed by atoms with Gasteiger partial charge in [-0.2, -0.15) is 0 Å². The maximum atomic E-state index is 5.45. The smallest absolute Gasteiger partial charge is 0.157 e. The number of nitrogens with two attached hydrogens (primary N) is 2. The molecule has 0 saturated carbocycles. The molecule has 0 fully saturated rings. The Kier molecular flexibility index (Phi) is 5.42. The molecule has 2 aromatic heterocycles. The first-order valence-electron chi connectivity index (χ1n) is 4.89. The van der Waals surface area contributed by atoms with Gasteiger partial charge in [-0.15, -0.1) is 0 Å². The van der Waals surface area contributed by atoms with Gasteiger partial charge in [0.05, 0.1) is 17.6 Å². The first-order chi connectivity index (χ1) is 8.40. The standard InChI is InChI=1S/C5H5Br2N3.C5H7N3/c1-2-3(6)10-4(7)5(8)9-2;1-4-2-7-3-5(6)8-4/h1H3,(H2,8,9);2-3H,1H3,(H2,6,8). The van der Waals surface area contributed by atoms with E-state index in [1.807, 2.05) is 13.8 Å². The average Bonchev–Trinajstić information content (AvgIpc) is 2.27. The second kappa shape index (κ2) is 6.60. The molecule has 4 N–H and O–H groups in total. The Labute approximate surface area is 122 Å². The zero-order chi connectivity index (χ0) is 13.7. The van der Waals surface area contributed by atoms with E-state index in [1.54, 1.807) is 6.20 Å². The van der Waals surface area contributed by atoms with Crippen molar-refractivity contribution in [2.24, 2.45) is 0 Å². The van der Waals surface area contributed by atoms with Crippen LogP contribution in [0.2, 0.25) is 0 Å². The molecule has 0 saturated heterocycles. The molecule has 2 heterocycles. The molecule has 6 nitrogen and oxygen atoms in total. The molecule has 0 aliphatic rings. The minimum Gasteiger partial charge on any atom is -0.382 e. The van der Waals surface area contributed by atoms with E-state index in [0.29, 0.717) is 20.8 Å². The number of hydrogen-bond acceptors (Lipinski definition) is 6. The molecule has 0 radical (unpaired) electrons. The van der Waals surface area contributed by atoms with Crippen LogP contribution in [-0.2, 0) is 0 Å². The van der Waals surface area contributed by atoms with Crippen LogP contribution in [0.1, 0.15) is 11.4 Å². The third kappa shape index (κ3) is 4.53. The summed E-state index contributed by atoms with van der Waals surface area (Å²) in [5.41, 5.74) is 12.4. The van der Waals surface area contributed by atoms with Crippen LogP contribution in [0.3, 0.4) is 0 Å². The summed E-state index contributed by atoms with van der Waals surface area (Å²) in [6.45, 7) is 3.68. The molecule has 0 aliphatic carbocycles. The number of aromatic nitrogens is 4. The summed E-state index contributed by atoms with van der Waals surface area (Å²) in [5, 5.41) is 0. The van der Waals surface area contributed by atoms with Crippen molar-refractivity contribution in [3.05, 3.63) is 33.0 Å². The van der Waals surface area contributed by atoms with Crippen molar-refractivity contribution in [3.8, 4) is 0 Å². The summed E-state index contributed by atoms with van der Waals surface area (Å²) in [7, 11) is 0. The molecule has 0 amide bonds. The van der Waals surface area contributed by atoms with Gasteiger partial charge in [0.15, 0.2) is 5.82 Å². The SMILES string of the molecule is Cc1cncc(N)n1.Cc1nc(N)c(Br)nc1Br. The van der Waals surface area contributed by atoms with Gasteiger partial charge in [0.1, 0.15) is 15.0 Å². The van der Waals surface area contributed by atoms with Gasteiger partial charge in [-0.25, -0.2) is 15.0 Å². The van der Waals surface area contributed by atoms with Crippen LogP contribution in [0.25, 0.3) is 0 Å². The highest BCUT2D eigenvalue weighted by molar-refractivity contribution is 9.11. The zero-order valence-corrected chi connectivity index (χ0v) is 13.0. The molecule has 96 valence electrons. The van der Waals surface area contributed by atoms with E-state index in [-0.39, 0.29) is 0 Å². The van der Waals surface area contributed by atoms with Gasteiger partial charge in [-0.05, 0) is 45.7 Å². The maximum Gasteiger partial charge on any atom is 0.157 e. The van der Waals surface area contributed by atoms with Gasteiger partial charge in [0.25, 0.3) is 0 Å². The van der Waals surface area contributed by atoms with E-state index in [2.05, 4.69) is 51.8 Å². The number of hydrogen-bond donors (Lipinski definition) is 2. The molecule has 2 aromatic rings. The Hall–Kier alpha value is -1.28. The van der Waals surface area contributed by atoms with E-state index < -0.39 is 0 Å². The molecule has 0 aliphatic heterocycles. The van der Waals surface area contributed by atoms with E-state index in [9.17, 15) is 0 Å². The van der Waals surface area contributed by atoms with Gasteiger partial charge < -0.3 is 11.5 Å². The molecular weight excluding hydrogens is 364 g/mol. The molecule has 0 spiro atoms. The van der Waals surface area contributed by atoms with Crippen LogP contribution in [0.15, 0.2) is 21.6 Å². The molecule has 18 heavy (non-hydrogen) atoms. The summed E-state index contributed by atoms with van der Waals surface area (Å²) in [4.78, 5) is 15.7. The largest absolute Gasteiger partial charge is 0.382 e. The molecule has 2 rings (SSSR count). The quantitative estimate of drug-likeness (QED) is 0.731. The fraction of sp³-hybridized carbons (Fsp3) is 0.200. The Morgan fingerprint density at radius 3 is 2.06 bits per heavy atom. The minimum atomic E-state index is 0.417. The van der Waals surface area contributed by atoms with Crippen molar-refractivity contribution in [1.29, 1.82) is 0 Å². The van der Waals surface area contributed by atoms with Crippen molar-refractivity contribution < 1.29 is 0 Å². The Bertz CT molecular complexity index is 478. The van der Waals surface area contributed by atoms with Gasteiger partial charge in [0.2, 0.25) is 0 Å². The predicted molar refractivity (Wildman–Crippen MR) is 77.8 cm³/mol. The van der Waals surface area contributed by atoms with Crippen molar-refractivity contribution in [3.63, 3.8) is 0 Å². The molecule has 0 bridgehead atoms. The Morgan fingerprint density at radius 2 is 1.61 bits per heavy atom. The van der Waals surface area contributed by atoms with Crippen LogP contribution < -0.4 is 11.5 Å². The Balaban J connectivity index is 0.000000184. The molecule has 0 aromatic carbocycles. The first-order valence-corrected chi connectivity index (χ1v) is 6.48. The van der Waals surface area contributed by atoms with Gasteiger partial charge in [-0.3, -0.25) is 4.98 Å². The monoisotopic (exact) mass is 374 g/mol. The third-order valence-corrected chi connectivity index (χ3v) is 3.10. The van der Waals surface area contributed by atoms with Crippen LogP contribution in [0, 0.1) is 13.8 Å². The lowest BCUT2D eigenvalue weighted by molar-refractivity contribution is 1.07. The molecule has 0 atom stereocenters. The lowest BCUT2D eigenvalue weighted by Crippen LogP contribution is -1.97. The van der Waals surface area contributed by atoms with Gasteiger partial charge in [0, 0.05) is 6.20 Å². The summed E-state index contributed by atoms with van der Waals surface area (Å²) in [6.07, 6.45) is 3.18. The highest BCUT2D eigenvalue weighted by atomic mass is 79.9. The Morgan fingerprint density at radius 1 is 0.944 bits per heavy atom. The predicted octanol–water partition coefficient (Wildman–Crippen LogP) is 2.26. The number of aryl methyl sites for hydroxylation is 2. The maximum absolute atomic E-state index is 5.45. The number of halogens is 2. The summed E-state index contributed by atoms with van der Waals surface area (Å²) >= 11 is 6.37. The van der Waals surface area contributed by atoms with Crippen molar-refractivity contribution in [1.82, 2.24) is 19.9 Å². The van der Waals surface area contributed by atoms with Crippen molar-refractivity contribution in [2.75, 3.05) is 11.5 Å². The second-order valence-electron chi connectivity index (χ2n) is 3.36. The number of rotatable bonds is 0. The molecular formula is C10H12Br2N6. The molecule has 8 heteroatoms. The minimum absolute atomic E-state index is 0.417. The van der Waals surface area contributed by atoms with E-state index in [0.717, 1.165) is 11.4 Å².